The Balaban J connectivity index is 2.21. The first-order valence-corrected chi connectivity index (χ1v) is 6.93. The van der Waals surface area contributed by atoms with Crippen molar-refractivity contribution in [3.8, 4) is 0 Å². The normalized spacial score (nSPS) is 19.4. The average Bonchev–Trinajstić information content (AvgIpc) is 2.73. The molecule has 1 atom stereocenters. The van der Waals surface area contributed by atoms with E-state index in [4.69, 9.17) is 0 Å². The molecule has 18 heavy (non-hydrogen) atoms. The van der Waals surface area contributed by atoms with Crippen molar-refractivity contribution in [2.45, 2.75) is 26.7 Å². The highest BCUT2D eigenvalue weighted by atomic mass is 79.9. The number of hydrogen-bond donors (Lipinski definition) is 0. The lowest BCUT2D eigenvalue weighted by Crippen LogP contribution is -2.32. The van der Waals surface area contributed by atoms with Crippen LogP contribution in [0.5, 0.6) is 0 Å². The summed E-state index contributed by atoms with van der Waals surface area (Å²) in [7, 11) is 0. The molecule has 0 saturated carbocycles. The number of carbonyl (C=O) groups is 2. The minimum atomic E-state index is -0.174. The van der Waals surface area contributed by atoms with Gasteiger partial charge < -0.3 is 0 Å². The van der Waals surface area contributed by atoms with E-state index in [9.17, 15) is 9.59 Å². The summed E-state index contributed by atoms with van der Waals surface area (Å²) in [6, 6.07) is 5.42. The third-order valence-electron chi connectivity index (χ3n) is 3.43. The van der Waals surface area contributed by atoms with E-state index < -0.39 is 0 Å². The fourth-order valence-corrected chi connectivity index (χ4v) is 2.43. The second kappa shape index (κ2) is 5.22. The first-order chi connectivity index (χ1) is 8.52. The molecular formula is C14H16BrNO2. The van der Waals surface area contributed by atoms with Crippen LogP contribution < -0.4 is 0 Å². The Kier molecular flexibility index (Phi) is 3.85. The third-order valence-corrected chi connectivity index (χ3v) is 4.32. The van der Waals surface area contributed by atoms with Crippen LogP contribution in [0.4, 0.5) is 0 Å². The van der Waals surface area contributed by atoms with Gasteiger partial charge >= 0.3 is 0 Å². The molecule has 0 aliphatic carbocycles. The highest BCUT2D eigenvalue weighted by Gasteiger charge is 2.33. The molecule has 1 heterocycles. The van der Waals surface area contributed by atoms with E-state index in [1.165, 1.54) is 4.90 Å². The summed E-state index contributed by atoms with van der Waals surface area (Å²) in [5.41, 5.74) is 1.58. The monoisotopic (exact) mass is 309 g/mol. The quantitative estimate of drug-likeness (QED) is 0.787. The van der Waals surface area contributed by atoms with Crippen LogP contribution in [0, 0.1) is 12.8 Å². The molecule has 1 aliphatic rings. The van der Waals surface area contributed by atoms with Crippen molar-refractivity contribution in [1.29, 1.82) is 0 Å². The second-order valence-electron chi connectivity index (χ2n) is 4.75. The molecule has 1 aliphatic heterocycles. The zero-order chi connectivity index (χ0) is 13.3. The first kappa shape index (κ1) is 13.3. The minimum absolute atomic E-state index is 0.0487. The van der Waals surface area contributed by atoms with Crippen molar-refractivity contribution in [3.05, 3.63) is 33.8 Å². The highest BCUT2D eigenvalue weighted by molar-refractivity contribution is 9.10. The molecule has 1 aromatic rings. The largest absolute Gasteiger partial charge is 0.278 e. The molecule has 0 spiro atoms. The summed E-state index contributed by atoms with van der Waals surface area (Å²) in [6.45, 7) is 4.54. The Bertz CT molecular complexity index is 499. The second-order valence-corrected chi connectivity index (χ2v) is 5.61. The number of likely N-dealkylation sites (tertiary alicyclic amines) is 1. The number of carbonyl (C=O) groups excluding carboxylic acids is 2. The molecule has 0 aromatic heterocycles. The Morgan fingerprint density at radius 1 is 1.50 bits per heavy atom. The number of amides is 2. The van der Waals surface area contributed by atoms with E-state index in [2.05, 4.69) is 22.9 Å². The lowest BCUT2D eigenvalue weighted by molar-refractivity contribution is -0.125. The van der Waals surface area contributed by atoms with Crippen molar-refractivity contribution < 1.29 is 9.59 Å². The highest BCUT2D eigenvalue weighted by Crippen LogP contribution is 2.24. The number of benzene rings is 1. The van der Waals surface area contributed by atoms with E-state index in [0.717, 1.165) is 16.5 Å². The molecule has 2 rings (SSSR count). The van der Waals surface area contributed by atoms with Crippen LogP contribution in [0.3, 0.4) is 0 Å². The summed E-state index contributed by atoms with van der Waals surface area (Å²) in [4.78, 5) is 25.5. The van der Waals surface area contributed by atoms with Gasteiger partial charge in [0.15, 0.2) is 0 Å². The van der Waals surface area contributed by atoms with Gasteiger partial charge in [-0.2, -0.15) is 0 Å². The molecule has 4 heteroatoms. The van der Waals surface area contributed by atoms with Gasteiger partial charge in [-0.25, -0.2) is 0 Å². The zero-order valence-electron chi connectivity index (χ0n) is 10.6. The van der Waals surface area contributed by atoms with Crippen LogP contribution in [0.1, 0.15) is 35.7 Å². The summed E-state index contributed by atoms with van der Waals surface area (Å²) >= 11 is 3.40. The topological polar surface area (TPSA) is 37.4 Å². The van der Waals surface area contributed by atoms with E-state index in [0.29, 0.717) is 24.4 Å². The molecule has 0 radical (unpaired) electrons. The number of aryl methyl sites for hydroxylation is 1. The van der Waals surface area contributed by atoms with Gasteiger partial charge in [0.05, 0.1) is 0 Å². The number of nitrogens with zero attached hydrogens (tertiary/aromatic N) is 1. The smallest absolute Gasteiger partial charge is 0.260 e. The third kappa shape index (κ3) is 2.48. The van der Waals surface area contributed by atoms with Crippen molar-refractivity contribution in [2.24, 2.45) is 5.92 Å². The summed E-state index contributed by atoms with van der Waals surface area (Å²) in [5.74, 6) is 0.0944. The van der Waals surface area contributed by atoms with Gasteiger partial charge in [-0.15, -0.1) is 0 Å². The van der Waals surface area contributed by atoms with Gasteiger partial charge in [0.25, 0.3) is 5.91 Å². The number of rotatable bonds is 2. The maximum absolute atomic E-state index is 12.3. The van der Waals surface area contributed by atoms with Crippen LogP contribution >= 0.6 is 15.9 Å². The average molecular weight is 310 g/mol. The van der Waals surface area contributed by atoms with E-state index in [1.807, 2.05) is 19.1 Å². The van der Waals surface area contributed by atoms with Gasteiger partial charge in [0.2, 0.25) is 5.91 Å². The fourth-order valence-electron chi connectivity index (χ4n) is 2.18. The first-order valence-electron chi connectivity index (χ1n) is 6.13. The molecule has 1 saturated heterocycles. The van der Waals surface area contributed by atoms with Gasteiger partial charge in [0.1, 0.15) is 0 Å². The molecule has 3 nitrogen and oxygen atoms in total. The predicted octanol–water partition coefficient (Wildman–Crippen LogP) is 3.16. The predicted molar refractivity (Wildman–Crippen MR) is 73.3 cm³/mol. The SMILES string of the molecule is CCC1CC(=O)N(C(=O)c2ccc(Br)c(C)c2)C1. The summed E-state index contributed by atoms with van der Waals surface area (Å²) in [5, 5.41) is 0. The minimum Gasteiger partial charge on any atom is -0.278 e. The Morgan fingerprint density at radius 3 is 2.78 bits per heavy atom. The maximum Gasteiger partial charge on any atom is 0.260 e. The molecule has 1 fully saturated rings. The molecule has 2 amide bonds. The van der Waals surface area contributed by atoms with Crippen LogP contribution in [0.2, 0.25) is 0 Å². The molecular weight excluding hydrogens is 294 g/mol. The van der Waals surface area contributed by atoms with Gasteiger partial charge in [0, 0.05) is 23.0 Å². The Morgan fingerprint density at radius 2 is 2.22 bits per heavy atom. The molecule has 96 valence electrons. The molecule has 0 N–H and O–H groups in total. The Labute approximate surface area is 115 Å². The van der Waals surface area contributed by atoms with E-state index in [1.54, 1.807) is 6.07 Å². The lowest BCUT2D eigenvalue weighted by atomic mass is 10.1. The maximum atomic E-state index is 12.3. The van der Waals surface area contributed by atoms with Crippen LogP contribution in [0.25, 0.3) is 0 Å². The van der Waals surface area contributed by atoms with Gasteiger partial charge in [-0.3, -0.25) is 14.5 Å². The summed E-state index contributed by atoms with van der Waals surface area (Å²) < 4.78 is 0.971. The van der Waals surface area contributed by atoms with Crippen molar-refractivity contribution in [2.75, 3.05) is 6.54 Å². The number of halogens is 1. The summed E-state index contributed by atoms with van der Waals surface area (Å²) in [6.07, 6.45) is 1.44. The molecule has 0 bridgehead atoms. The number of imide groups is 1. The molecule has 1 aromatic carbocycles. The fraction of sp³-hybridized carbons (Fsp3) is 0.429. The van der Waals surface area contributed by atoms with E-state index in [-0.39, 0.29) is 11.8 Å². The van der Waals surface area contributed by atoms with Gasteiger partial charge in [-0.1, -0.05) is 29.3 Å². The van der Waals surface area contributed by atoms with Crippen LogP contribution in [-0.4, -0.2) is 23.3 Å². The Hall–Kier alpha value is -1.16. The number of hydrogen-bond acceptors (Lipinski definition) is 2. The standard InChI is InChI=1S/C14H16BrNO2/c1-3-10-7-13(17)16(8-10)14(18)11-4-5-12(15)9(2)6-11/h4-6,10H,3,7-8H2,1-2H3. The lowest BCUT2D eigenvalue weighted by Gasteiger charge is -2.15. The van der Waals surface area contributed by atoms with Crippen molar-refractivity contribution in [3.63, 3.8) is 0 Å². The van der Waals surface area contributed by atoms with Crippen molar-refractivity contribution >= 4 is 27.7 Å². The van der Waals surface area contributed by atoms with Gasteiger partial charge in [-0.05, 0) is 36.6 Å². The van der Waals surface area contributed by atoms with Crippen LogP contribution in [-0.2, 0) is 4.79 Å². The molecule has 1 unspecified atom stereocenters. The zero-order valence-corrected chi connectivity index (χ0v) is 12.2. The van der Waals surface area contributed by atoms with E-state index >= 15 is 0 Å². The van der Waals surface area contributed by atoms with Crippen molar-refractivity contribution in [1.82, 2.24) is 4.90 Å². The van der Waals surface area contributed by atoms with Crippen LogP contribution in [0.15, 0.2) is 22.7 Å².